The van der Waals surface area contributed by atoms with Crippen LogP contribution in [-0.2, 0) is 20.8 Å². The maximum atomic E-state index is 13.6. The zero-order valence-electron chi connectivity index (χ0n) is 20.8. The summed E-state index contributed by atoms with van der Waals surface area (Å²) in [6, 6.07) is 7.06. The Balaban J connectivity index is 1.69. The van der Waals surface area contributed by atoms with E-state index >= 15 is 0 Å². The summed E-state index contributed by atoms with van der Waals surface area (Å²) < 4.78 is 0. The van der Waals surface area contributed by atoms with Crippen molar-refractivity contribution in [3.63, 3.8) is 0 Å². The fourth-order valence-corrected chi connectivity index (χ4v) is 5.33. The van der Waals surface area contributed by atoms with Crippen molar-refractivity contribution in [2.75, 3.05) is 33.7 Å². The molecule has 1 heterocycles. The van der Waals surface area contributed by atoms with E-state index in [1.165, 1.54) is 6.42 Å². The number of hydrogen-bond donors (Lipinski definition) is 1. The minimum atomic E-state index is -0.643. The van der Waals surface area contributed by atoms with Gasteiger partial charge in [0, 0.05) is 50.5 Å². The average Bonchev–Trinajstić information content (AvgIpc) is 3.28. The van der Waals surface area contributed by atoms with Crippen LogP contribution in [0.5, 0.6) is 0 Å². The van der Waals surface area contributed by atoms with E-state index in [9.17, 15) is 14.4 Å². The molecule has 34 heavy (non-hydrogen) atoms. The lowest BCUT2D eigenvalue weighted by Crippen LogP contribution is -2.51. The molecular weight excluding hydrogens is 452 g/mol. The van der Waals surface area contributed by atoms with Crippen molar-refractivity contribution in [2.45, 2.75) is 76.4 Å². The van der Waals surface area contributed by atoms with E-state index in [-0.39, 0.29) is 29.8 Å². The summed E-state index contributed by atoms with van der Waals surface area (Å²) in [4.78, 5) is 44.5. The second-order valence-electron chi connectivity index (χ2n) is 9.95. The minimum absolute atomic E-state index is 0.0465. The Labute approximate surface area is 208 Å². The summed E-state index contributed by atoms with van der Waals surface area (Å²) >= 11 is 6.02. The first-order chi connectivity index (χ1) is 16.2. The number of amides is 3. The van der Waals surface area contributed by atoms with Crippen LogP contribution < -0.4 is 5.32 Å². The zero-order chi connectivity index (χ0) is 24.7. The number of likely N-dealkylation sites (tertiary alicyclic amines) is 1. The zero-order valence-corrected chi connectivity index (χ0v) is 21.5. The topological polar surface area (TPSA) is 73.0 Å². The van der Waals surface area contributed by atoms with Crippen LogP contribution in [0.4, 0.5) is 0 Å². The highest BCUT2D eigenvalue weighted by atomic mass is 35.5. The van der Waals surface area contributed by atoms with E-state index in [0.717, 1.165) is 37.7 Å². The standard InChI is InChI=1S/C26H39ClN4O3/c1-19(32)31(22-7-5-4-6-8-22)23-13-16-30(18-23)26(34)24(28-25(33)14-15-29(2)3)17-20-9-11-21(27)12-10-20/h9-12,22-24H,4-8,13-18H2,1-3H3,(H,28,33)/t23-,24+/m0/s1. The lowest BCUT2D eigenvalue weighted by atomic mass is 9.93. The van der Waals surface area contributed by atoms with E-state index in [4.69, 9.17) is 11.6 Å². The van der Waals surface area contributed by atoms with Crippen molar-refractivity contribution >= 4 is 29.3 Å². The summed E-state index contributed by atoms with van der Waals surface area (Å²) in [5.41, 5.74) is 0.943. The van der Waals surface area contributed by atoms with E-state index in [0.29, 0.717) is 37.5 Å². The molecular formula is C26H39ClN4O3. The third-order valence-corrected chi connectivity index (χ3v) is 7.22. The molecule has 0 unspecified atom stereocenters. The summed E-state index contributed by atoms with van der Waals surface area (Å²) in [6.07, 6.45) is 7.17. The van der Waals surface area contributed by atoms with E-state index < -0.39 is 6.04 Å². The van der Waals surface area contributed by atoms with Crippen molar-refractivity contribution in [1.29, 1.82) is 0 Å². The van der Waals surface area contributed by atoms with Crippen LogP contribution in [0.3, 0.4) is 0 Å². The second kappa shape index (κ2) is 12.5. The quantitative estimate of drug-likeness (QED) is 0.577. The van der Waals surface area contributed by atoms with Gasteiger partial charge in [-0.2, -0.15) is 0 Å². The minimum Gasteiger partial charge on any atom is -0.344 e. The number of rotatable bonds is 9. The Hall–Kier alpha value is -2.12. The first kappa shape index (κ1) is 26.5. The summed E-state index contributed by atoms with van der Waals surface area (Å²) in [6.45, 7) is 3.39. The Kier molecular flexibility index (Phi) is 9.77. The van der Waals surface area contributed by atoms with Gasteiger partial charge in [-0.3, -0.25) is 14.4 Å². The van der Waals surface area contributed by atoms with Gasteiger partial charge in [0.25, 0.3) is 0 Å². The molecule has 1 aromatic carbocycles. The molecule has 1 saturated heterocycles. The summed E-state index contributed by atoms with van der Waals surface area (Å²) in [5, 5.41) is 3.61. The largest absolute Gasteiger partial charge is 0.344 e. The van der Waals surface area contributed by atoms with Gasteiger partial charge in [-0.05, 0) is 51.1 Å². The van der Waals surface area contributed by atoms with Crippen molar-refractivity contribution in [1.82, 2.24) is 20.0 Å². The smallest absolute Gasteiger partial charge is 0.245 e. The molecule has 0 aromatic heterocycles. The van der Waals surface area contributed by atoms with E-state index in [1.807, 2.05) is 40.9 Å². The summed E-state index contributed by atoms with van der Waals surface area (Å²) in [5.74, 6) is -0.118. The molecule has 1 saturated carbocycles. The van der Waals surface area contributed by atoms with Gasteiger partial charge in [0.2, 0.25) is 17.7 Å². The first-order valence-corrected chi connectivity index (χ1v) is 12.9. The number of hydrogen-bond acceptors (Lipinski definition) is 4. The molecule has 1 N–H and O–H groups in total. The van der Waals surface area contributed by atoms with E-state index in [1.54, 1.807) is 19.1 Å². The SMILES string of the molecule is CC(=O)N(C1CCCCC1)[C@H]1CCN(C(=O)[C@@H](Cc2ccc(Cl)cc2)NC(=O)CCN(C)C)C1. The third kappa shape index (κ3) is 7.44. The van der Waals surface area contributed by atoms with Crippen LogP contribution in [-0.4, -0.2) is 84.3 Å². The van der Waals surface area contributed by atoms with Crippen molar-refractivity contribution in [3.8, 4) is 0 Å². The van der Waals surface area contributed by atoms with Crippen LogP contribution in [0, 0.1) is 0 Å². The highest BCUT2D eigenvalue weighted by Crippen LogP contribution is 2.28. The Morgan fingerprint density at radius 3 is 2.35 bits per heavy atom. The number of halogens is 1. The second-order valence-corrected chi connectivity index (χ2v) is 10.4. The maximum Gasteiger partial charge on any atom is 0.245 e. The Bertz CT molecular complexity index is 839. The van der Waals surface area contributed by atoms with E-state index in [2.05, 4.69) is 5.32 Å². The molecule has 1 aromatic rings. The molecule has 7 nitrogen and oxygen atoms in total. The van der Waals surface area contributed by atoms with Crippen LogP contribution >= 0.6 is 11.6 Å². The fourth-order valence-electron chi connectivity index (χ4n) is 5.21. The number of nitrogens with one attached hydrogen (secondary N) is 1. The van der Waals surface area contributed by atoms with Gasteiger partial charge in [-0.25, -0.2) is 0 Å². The molecule has 2 aliphatic rings. The molecule has 0 bridgehead atoms. The fraction of sp³-hybridized carbons (Fsp3) is 0.654. The molecule has 0 spiro atoms. The monoisotopic (exact) mass is 490 g/mol. The van der Waals surface area contributed by atoms with Crippen molar-refractivity contribution < 1.29 is 14.4 Å². The molecule has 3 rings (SSSR count). The Morgan fingerprint density at radius 1 is 1.06 bits per heavy atom. The van der Waals surface area contributed by atoms with Crippen LogP contribution in [0.1, 0.15) is 57.4 Å². The summed E-state index contributed by atoms with van der Waals surface area (Å²) in [7, 11) is 3.84. The predicted molar refractivity (Wildman–Crippen MR) is 135 cm³/mol. The highest BCUT2D eigenvalue weighted by Gasteiger charge is 2.37. The lowest BCUT2D eigenvalue weighted by molar-refractivity contribution is -0.137. The number of benzene rings is 1. The number of nitrogens with zero attached hydrogens (tertiary/aromatic N) is 3. The molecule has 8 heteroatoms. The van der Waals surface area contributed by atoms with Gasteiger partial charge < -0.3 is 20.0 Å². The van der Waals surface area contributed by atoms with Crippen LogP contribution in [0.25, 0.3) is 0 Å². The van der Waals surface area contributed by atoms with Gasteiger partial charge in [0.15, 0.2) is 0 Å². The van der Waals surface area contributed by atoms with Crippen LogP contribution in [0.2, 0.25) is 5.02 Å². The molecule has 0 radical (unpaired) electrons. The maximum absolute atomic E-state index is 13.6. The molecule has 1 aliphatic heterocycles. The molecule has 1 aliphatic carbocycles. The van der Waals surface area contributed by atoms with Gasteiger partial charge in [0.1, 0.15) is 6.04 Å². The van der Waals surface area contributed by atoms with Gasteiger partial charge >= 0.3 is 0 Å². The molecule has 2 fully saturated rings. The number of carbonyl (C=O) groups excluding carboxylic acids is 3. The lowest BCUT2D eigenvalue weighted by Gasteiger charge is -2.38. The predicted octanol–water partition coefficient (Wildman–Crippen LogP) is 3.10. The molecule has 188 valence electrons. The Morgan fingerprint density at radius 2 is 1.74 bits per heavy atom. The van der Waals surface area contributed by atoms with Gasteiger partial charge in [-0.15, -0.1) is 0 Å². The third-order valence-electron chi connectivity index (χ3n) is 6.97. The van der Waals surface area contributed by atoms with Crippen molar-refractivity contribution in [3.05, 3.63) is 34.9 Å². The first-order valence-electron chi connectivity index (χ1n) is 12.5. The number of carbonyl (C=O) groups is 3. The van der Waals surface area contributed by atoms with Gasteiger partial charge in [0.05, 0.1) is 6.04 Å². The van der Waals surface area contributed by atoms with Crippen molar-refractivity contribution in [2.24, 2.45) is 0 Å². The molecule has 3 amide bonds. The van der Waals surface area contributed by atoms with Gasteiger partial charge in [-0.1, -0.05) is 43.0 Å². The van der Waals surface area contributed by atoms with Crippen LogP contribution in [0.15, 0.2) is 24.3 Å². The average molecular weight is 491 g/mol. The highest BCUT2D eigenvalue weighted by molar-refractivity contribution is 6.30. The molecule has 2 atom stereocenters. The normalized spacial score (nSPS) is 19.8.